The van der Waals surface area contributed by atoms with Crippen LogP contribution in [0, 0.1) is 36.5 Å². The first-order valence-corrected chi connectivity index (χ1v) is 6.96. The topological polar surface area (TPSA) is 88.6 Å². The Hall–Kier alpha value is -3.38. The summed E-state index contributed by atoms with van der Waals surface area (Å²) in [6, 6.07) is 13.1. The summed E-state index contributed by atoms with van der Waals surface area (Å²) in [5.41, 5.74) is 3.58. The molecule has 1 aromatic heterocycles. The third-order valence-electron chi connectivity index (χ3n) is 3.15. The van der Waals surface area contributed by atoms with E-state index < -0.39 is 0 Å². The Kier molecular flexibility index (Phi) is 4.91. The third-order valence-corrected chi connectivity index (χ3v) is 3.15. The lowest BCUT2D eigenvalue weighted by Crippen LogP contribution is -2.14. The van der Waals surface area contributed by atoms with Crippen LogP contribution in [0.1, 0.15) is 11.4 Å². The first-order chi connectivity index (χ1) is 11.0. The molecular weight excluding hydrogens is 288 g/mol. The number of hydrogen-bond acceptors (Lipinski definition) is 6. The standard InChI is InChI=1S/C17H16N6/c1-12-8-13(2)22-17(21-12)23(3)16-6-4-15(5-7-16)20-11-14(9-18)10-19/h4-8,11,20H,1-3H3. The van der Waals surface area contributed by atoms with Gasteiger partial charge in [0, 0.05) is 36.0 Å². The number of anilines is 3. The Morgan fingerprint density at radius 1 is 1.09 bits per heavy atom. The number of allylic oxidation sites excluding steroid dienone is 1. The van der Waals surface area contributed by atoms with E-state index in [1.165, 1.54) is 6.20 Å². The van der Waals surface area contributed by atoms with Gasteiger partial charge in [-0.1, -0.05) is 0 Å². The summed E-state index contributed by atoms with van der Waals surface area (Å²) in [6.45, 7) is 3.88. The van der Waals surface area contributed by atoms with E-state index in [0.717, 1.165) is 22.8 Å². The smallest absolute Gasteiger partial charge is 0.230 e. The van der Waals surface area contributed by atoms with Crippen LogP contribution in [0.2, 0.25) is 0 Å². The molecule has 0 unspecified atom stereocenters. The SMILES string of the molecule is Cc1cc(C)nc(N(C)c2ccc(NC=C(C#N)C#N)cc2)n1. The van der Waals surface area contributed by atoms with Gasteiger partial charge < -0.3 is 10.2 Å². The van der Waals surface area contributed by atoms with Crippen LogP contribution in [0.15, 0.2) is 42.1 Å². The number of nitrogens with one attached hydrogen (secondary N) is 1. The number of benzene rings is 1. The molecule has 0 bridgehead atoms. The van der Waals surface area contributed by atoms with Crippen molar-refractivity contribution < 1.29 is 0 Å². The van der Waals surface area contributed by atoms with Crippen LogP contribution in [-0.2, 0) is 0 Å². The summed E-state index contributed by atoms with van der Waals surface area (Å²) in [7, 11) is 1.90. The van der Waals surface area contributed by atoms with Crippen molar-refractivity contribution >= 4 is 17.3 Å². The molecule has 1 heterocycles. The Morgan fingerprint density at radius 2 is 1.65 bits per heavy atom. The molecule has 0 aliphatic carbocycles. The highest BCUT2D eigenvalue weighted by atomic mass is 15.2. The van der Waals surface area contributed by atoms with Crippen molar-refractivity contribution in [2.75, 3.05) is 17.3 Å². The molecule has 1 aromatic carbocycles. The number of aryl methyl sites for hydroxylation is 2. The second-order valence-electron chi connectivity index (χ2n) is 4.98. The van der Waals surface area contributed by atoms with Gasteiger partial charge in [-0.2, -0.15) is 10.5 Å². The molecule has 0 spiro atoms. The zero-order chi connectivity index (χ0) is 16.8. The van der Waals surface area contributed by atoms with E-state index in [1.807, 2.05) is 56.1 Å². The van der Waals surface area contributed by atoms with Crippen molar-refractivity contribution in [2.45, 2.75) is 13.8 Å². The lowest BCUT2D eigenvalue weighted by Gasteiger charge is -2.18. The van der Waals surface area contributed by atoms with E-state index in [0.29, 0.717) is 5.95 Å². The van der Waals surface area contributed by atoms with Gasteiger partial charge in [0.25, 0.3) is 0 Å². The predicted octanol–water partition coefficient (Wildman–Crippen LogP) is 3.20. The fourth-order valence-electron chi connectivity index (χ4n) is 2.00. The minimum atomic E-state index is 0.0230. The van der Waals surface area contributed by atoms with Crippen LogP contribution < -0.4 is 10.2 Å². The van der Waals surface area contributed by atoms with Gasteiger partial charge >= 0.3 is 0 Å². The molecule has 0 saturated carbocycles. The van der Waals surface area contributed by atoms with Crippen molar-refractivity contribution in [1.29, 1.82) is 10.5 Å². The number of hydrogen-bond donors (Lipinski definition) is 1. The van der Waals surface area contributed by atoms with Crippen molar-refractivity contribution in [2.24, 2.45) is 0 Å². The van der Waals surface area contributed by atoms with Gasteiger partial charge in [0.2, 0.25) is 5.95 Å². The van der Waals surface area contributed by atoms with Gasteiger partial charge in [-0.25, -0.2) is 9.97 Å². The largest absolute Gasteiger partial charge is 0.360 e. The maximum Gasteiger partial charge on any atom is 0.230 e. The number of aromatic nitrogens is 2. The Morgan fingerprint density at radius 3 is 2.17 bits per heavy atom. The normalized spacial score (nSPS) is 9.43. The molecule has 0 aliphatic rings. The van der Waals surface area contributed by atoms with Crippen molar-refractivity contribution in [1.82, 2.24) is 9.97 Å². The predicted molar refractivity (Wildman–Crippen MR) is 88.9 cm³/mol. The summed E-state index contributed by atoms with van der Waals surface area (Å²) in [6.07, 6.45) is 1.38. The number of rotatable bonds is 4. The lowest BCUT2D eigenvalue weighted by molar-refractivity contribution is 0.987. The van der Waals surface area contributed by atoms with Gasteiger partial charge in [-0.3, -0.25) is 0 Å². The van der Waals surface area contributed by atoms with Crippen molar-refractivity contribution in [3.63, 3.8) is 0 Å². The summed E-state index contributed by atoms with van der Waals surface area (Å²) in [5, 5.41) is 20.3. The molecule has 0 aliphatic heterocycles. The molecule has 23 heavy (non-hydrogen) atoms. The average Bonchev–Trinajstić information content (AvgIpc) is 2.55. The maximum absolute atomic E-state index is 8.69. The Balaban J connectivity index is 2.18. The Bertz CT molecular complexity index is 772. The molecule has 2 aromatic rings. The lowest BCUT2D eigenvalue weighted by atomic mass is 10.2. The van der Waals surface area contributed by atoms with E-state index in [2.05, 4.69) is 15.3 Å². The van der Waals surface area contributed by atoms with Gasteiger partial charge in [0.05, 0.1) is 0 Å². The molecule has 2 rings (SSSR count). The Labute approximate surface area is 135 Å². The van der Waals surface area contributed by atoms with Crippen LogP contribution in [0.25, 0.3) is 0 Å². The van der Waals surface area contributed by atoms with Crippen molar-refractivity contribution in [3.05, 3.63) is 53.5 Å². The molecule has 1 N–H and O–H groups in total. The number of nitriles is 2. The van der Waals surface area contributed by atoms with E-state index in [4.69, 9.17) is 10.5 Å². The fraction of sp³-hybridized carbons (Fsp3) is 0.176. The minimum absolute atomic E-state index is 0.0230. The molecule has 0 amide bonds. The quantitative estimate of drug-likeness (QED) is 0.872. The molecule has 0 saturated heterocycles. The van der Waals surface area contributed by atoms with Crippen LogP contribution >= 0.6 is 0 Å². The number of nitrogens with zero attached hydrogens (tertiary/aromatic N) is 5. The summed E-state index contributed by atoms with van der Waals surface area (Å²) in [5.74, 6) is 0.638. The van der Waals surface area contributed by atoms with Crippen LogP contribution in [0.4, 0.5) is 17.3 Å². The monoisotopic (exact) mass is 304 g/mol. The average molecular weight is 304 g/mol. The highest BCUT2D eigenvalue weighted by Gasteiger charge is 2.08. The zero-order valence-electron chi connectivity index (χ0n) is 13.2. The van der Waals surface area contributed by atoms with Gasteiger partial charge in [-0.15, -0.1) is 0 Å². The third kappa shape index (κ3) is 4.05. The van der Waals surface area contributed by atoms with E-state index in [1.54, 1.807) is 12.1 Å². The highest BCUT2D eigenvalue weighted by Crippen LogP contribution is 2.22. The molecule has 0 fully saturated rings. The summed E-state index contributed by atoms with van der Waals surface area (Å²) >= 11 is 0. The first-order valence-electron chi connectivity index (χ1n) is 6.96. The van der Waals surface area contributed by atoms with Gasteiger partial charge in [-0.05, 0) is 44.2 Å². The molecule has 0 atom stereocenters. The zero-order valence-corrected chi connectivity index (χ0v) is 13.2. The fourth-order valence-corrected chi connectivity index (χ4v) is 2.00. The minimum Gasteiger partial charge on any atom is -0.360 e. The molecular formula is C17H16N6. The van der Waals surface area contributed by atoms with Gasteiger partial charge in [0.15, 0.2) is 0 Å². The second kappa shape index (κ2) is 7.06. The van der Waals surface area contributed by atoms with Crippen LogP contribution in [0.5, 0.6) is 0 Å². The highest BCUT2D eigenvalue weighted by molar-refractivity contribution is 5.61. The van der Waals surface area contributed by atoms with Crippen LogP contribution in [-0.4, -0.2) is 17.0 Å². The van der Waals surface area contributed by atoms with Gasteiger partial charge in [0.1, 0.15) is 17.7 Å². The second-order valence-corrected chi connectivity index (χ2v) is 4.98. The summed E-state index contributed by atoms with van der Waals surface area (Å²) in [4.78, 5) is 10.8. The summed E-state index contributed by atoms with van der Waals surface area (Å²) < 4.78 is 0. The van der Waals surface area contributed by atoms with Crippen molar-refractivity contribution in [3.8, 4) is 12.1 Å². The van der Waals surface area contributed by atoms with E-state index in [-0.39, 0.29) is 5.57 Å². The maximum atomic E-state index is 8.69. The van der Waals surface area contributed by atoms with Crippen LogP contribution in [0.3, 0.4) is 0 Å². The molecule has 6 nitrogen and oxygen atoms in total. The van der Waals surface area contributed by atoms with E-state index >= 15 is 0 Å². The first kappa shape index (κ1) is 16.0. The molecule has 114 valence electrons. The van der Waals surface area contributed by atoms with E-state index in [9.17, 15) is 0 Å². The molecule has 0 radical (unpaired) electrons. The molecule has 6 heteroatoms.